The van der Waals surface area contributed by atoms with Crippen LogP contribution in [0.5, 0.6) is 0 Å². The predicted octanol–water partition coefficient (Wildman–Crippen LogP) is 4.98. The van der Waals surface area contributed by atoms with Gasteiger partial charge in [-0.05, 0) is 68.7 Å². The predicted molar refractivity (Wildman–Crippen MR) is 137 cm³/mol. The Morgan fingerprint density at radius 3 is 2.54 bits per heavy atom. The molecule has 3 aromatic heterocycles. The van der Waals surface area contributed by atoms with Gasteiger partial charge in [-0.3, -0.25) is 14.3 Å². The largest absolute Gasteiger partial charge is 0.469 e. The van der Waals surface area contributed by atoms with Crippen molar-refractivity contribution in [2.75, 3.05) is 18.4 Å². The molecule has 1 fully saturated rings. The minimum absolute atomic E-state index is 0.0312. The molecule has 180 valence electrons. The number of hydrogen-bond donors (Lipinski definition) is 1. The molecule has 0 atom stereocenters. The van der Waals surface area contributed by atoms with E-state index in [-0.39, 0.29) is 11.8 Å². The highest BCUT2D eigenvalue weighted by molar-refractivity contribution is 7.71. The second-order valence-electron chi connectivity index (χ2n) is 8.91. The molecule has 8 nitrogen and oxygen atoms in total. The lowest BCUT2D eigenvalue weighted by atomic mass is 9.96. The van der Waals surface area contributed by atoms with Crippen LogP contribution in [-0.4, -0.2) is 43.2 Å². The number of rotatable bonds is 6. The van der Waals surface area contributed by atoms with Gasteiger partial charge in [-0.2, -0.15) is 0 Å². The Hall–Kier alpha value is -3.56. The zero-order valence-electron chi connectivity index (χ0n) is 19.8. The molecule has 4 aromatic rings. The molecule has 1 aliphatic heterocycles. The number of anilines is 1. The number of nitrogens with zero attached hydrogens (tertiary/aromatic N) is 5. The number of aromatic nitrogens is 4. The minimum atomic E-state index is -0.0339. The second-order valence-corrected chi connectivity index (χ2v) is 9.28. The number of carbonyl (C=O) groups is 1. The molecular formula is C26H28N6O2S. The van der Waals surface area contributed by atoms with Crippen LogP contribution in [0.2, 0.25) is 0 Å². The number of para-hydroxylation sites is 1. The van der Waals surface area contributed by atoms with E-state index in [4.69, 9.17) is 21.7 Å². The van der Waals surface area contributed by atoms with E-state index in [1.54, 1.807) is 12.5 Å². The van der Waals surface area contributed by atoms with E-state index in [0.717, 1.165) is 54.3 Å². The molecule has 1 aromatic carbocycles. The molecule has 4 heterocycles. The zero-order chi connectivity index (χ0) is 24.4. The number of carbonyl (C=O) groups excluding carboxylic acids is 1. The molecule has 5 rings (SSSR count). The van der Waals surface area contributed by atoms with Gasteiger partial charge in [0.25, 0.3) is 0 Å². The third-order valence-electron chi connectivity index (χ3n) is 6.41. The molecule has 35 heavy (non-hydrogen) atoms. The first-order valence-electron chi connectivity index (χ1n) is 11.8. The van der Waals surface area contributed by atoms with E-state index in [1.807, 2.05) is 71.6 Å². The highest BCUT2D eigenvalue weighted by Gasteiger charge is 2.26. The summed E-state index contributed by atoms with van der Waals surface area (Å²) in [6, 6.07) is 15.7. The van der Waals surface area contributed by atoms with Crippen LogP contribution in [0.15, 0.2) is 65.4 Å². The van der Waals surface area contributed by atoms with Gasteiger partial charge in [-0.25, -0.2) is 9.67 Å². The first-order chi connectivity index (χ1) is 17.0. The van der Waals surface area contributed by atoms with Crippen LogP contribution in [0, 0.1) is 24.5 Å². The van der Waals surface area contributed by atoms with Crippen molar-refractivity contribution in [3.05, 3.63) is 77.1 Å². The standard InChI is InChI=1S/C26H28N6O2S/c1-18-8-9-23(27-16-18)28-25(33)20-10-13-30(14-11-20)17-31-26(35)32(21-6-4-3-5-7-21)24(29-31)22-12-15-34-19(22)2/h3-9,12,15-16,20H,10-11,13-14,17H2,1-2H3,(H,27,28,33). The average molecular weight is 489 g/mol. The Morgan fingerprint density at radius 1 is 1.11 bits per heavy atom. The van der Waals surface area contributed by atoms with Crippen LogP contribution in [0.4, 0.5) is 5.82 Å². The maximum Gasteiger partial charge on any atom is 0.228 e. The van der Waals surface area contributed by atoms with E-state index in [1.165, 1.54) is 0 Å². The van der Waals surface area contributed by atoms with Gasteiger partial charge in [0.05, 0.1) is 18.5 Å². The summed E-state index contributed by atoms with van der Waals surface area (Å²) >= 11 is 5.86. The number of aryl methyl sites for hydroxylation is 2. The van der Waals surface area contributed by atoms with Crippen LogP contribution in [0.1, 0.15) is 24.2 Å². The maximum absolute atomic E-state index is 12.7. The van der Waals surface area contributed by atoms with E-state index in [0.29, 0.717) is 17.3 Å². The lowest BCUT2D eigenvalue weighted by Crippen LogP contribution is -2.39. The molecule has 0 unspecified atom stereocenters. The van der Waals surface area contributed by atoms with Gasteiger partial charge >= 0.3 is 0 Å². The Morgan fingerprint density at radius 2 is 1.89 bits per heavy atom. The number of hydrogen-bond acceptors (Lipinski definition) is 6. The van der Waals surface area contributed by atoms with Gasteiger partial charge < -0.3 is 9.73 Å². The maximum atomic E-state index is 12.7. The quantitative estimate of drug-likeness (QED) is 0.386. The smallest absolute Gasteiger partial charge is 0.228 e. The van der Waals surface area contributed by atoms with E-state index >= 15 is 0 Å². The zero-order valence-corrected chi connectivity index (χ0v) is 20.7. The van der Waals surface area contributed by atoms with E-state index in [2.05, 4.69) is 15.2 Å². The third kappa shape index (κ3) is 4.96. The molecule has 1 aliphatic rings. The summed E-state index contributed by atoms with van der Waals surface area (Å²) in [4.78, 5) is 19.3. The Bertz CT molecular complexity index is 1370. The lowest BCUT2D eigenvalue weighted by Gasteiger charge is -2.30. The van der Waals surface area contributed by atoms with Crippen molar-refractivity contribution in [1.29, 1.82) is 0 Å². The first-order valence-corrected chi connectivity index (χ1v) is 12.2. The Kier molecular flexibility index (Phi) is 6.61. The number of amides is 1. The average Bonchev–Trinajstić information content (AvgIpc) is 3.44. The van der Waals surface area contributed by atoms with Gasteiger partial charge in [-0.15, -0.1) is 5.10 Å². The number of furan rings is 1. The van der Waals surface area contributed by atoms with Gasteiger partial charge in [0, 0.05) is 30.9 Å². The van der Waals surface area contributed by atoms with Crippen molar-refractivity contribution in [1.82, 2.24) is 24.2 Å². The number of piperidine rings is 1. The Labute approximate surface area is 209 Å². The highest BCUT2D eigenvalue weighted by Crippen LogP contribution is 2.27. The van der Waals surface area contributed by atoms with Crippen LogP contribution in [0.25, 0.3) is 17.1 Å². The van der Waals surface area contributed by atoms with Gasteiger partial charge in [0.1, 0.15) is 11.6 Å². The van der Waals surface area contributed by atoms with E-state index < -0.39 is 0 Å². The minimum Gasteiger partial charge on any atom is -0.469 e. The van der Waals surface area contributed by atoms with Gasteiger partial charge in [0.15, 0.2) is 5.82 Å². The molecular weight excluding hydrogens is 460 g/mol. The van der Waals surface area contributed by atoms with Crippen molar-refractivity contribution >= 4 is 23.9 Å². The summed E-state index contributed by atoms with van der Waals surface area (Å²) in [6.45, 7) is 6.05. The van der Waals surface area contributed by atoms with Crippen LogP contribution in [-0.2, 0) is 11.5 Å². The SMILES string of the molecule is Cc1ccc(NC(=O)C2CCN(Cn3nc(-c4ccoc4C)n(-c4ccccc4)c3=S)CC2)nc1. The molecule has 1 saturated heterocycles. The number of likely N-dealkylation sites (tertiary alicyclic amines) is 1. The molecule has 0 spiro atoms. The van der Waals surface area contributed by atoms with Crippen LogP contribution < -0.4 is 5.32 Å². The van der Waals surface area contributed by atoms with Crippen molar-refractivity contribution in [2.45, 2.75) is 33.4 Å². The van der Waals surface area contributed by atoms with Crippen LogP contribution >= 0.6 is 12.2 Å². The van der Waals surface area contributed by atoms with Crippen molar-refractivity contribution < 1.29 is 9.21 Å². The molecule has 1 N–H and O–H groups in total. The summed E-state index contributed by atoms with van der Waals surface area (Å²) in [7, 11) is 0. The van der Waals surface area contributed by atoms with Crippen LogP contribution in [0.3, 0.4) is 0 Å². The monoisotopic (exact) mass is 488 g/mol. The summed E-state index contributed by atoms with van der Waals surface area (Å²) in [6.07, 6.45) is 4.98. The fourth-order valence-corrected chi connectivity index (χ4v) is 4.69. The number of benzene rings is 1. The van der Waals surface area contributed by atoms with Crippen molar-refractivity contribution in [3.8, 4) is 17.1 Å². The first kappa shape index (κ1) is 23.2. The molecule has 0 radical (unpaired) electrons. The second kappa shape index (κ2) is 9.97. The molecule has 0 saturated carbocycles. The van der Waals surface area contributed by atoms with Crippen molar-refractivity contribution in [3.63, 3.8) is 0 Å². The lowest BCUT2D eigenvalue weighted by molar-refractivity contribution is -0.121. The summed E-state index contributed by atoms with van der Waals surface area (Å²) in [5, 5.41) is 7.83. The number of nitrogens with one attached hydrogen (secondary N) is 1. The third-order valence-corrected chi connectivity index (χ3v) is 6.80. The normalized spacial score (nSPS) is 14.8. The summed E-state index contributed by atoms with van der Waals surface area (Å²) in [5.74, 6) is 2.15. The summed E-state index contributed by atoms with van der Waals surface area (Å²) in [5.41, 5.74) is 2.94. The topological polar surface area (TPSA) is 81.1 Å². The molecule has 9 heteroatoms. The fraction of sp³-hybridized carbons (Fsp3) is 0.308. The highest BCUT2D eigenvalue weighted by atomic mass is 32.1. The fourth-order valence-electron chi connectivity index (χ4n) is 4.40. The molecule has 0 bridgehead atoms. The van der Waals surface area contributed by atoms with Gasteiger partial charge in [-0.1, -0.05) is 24.3 Å². The summed E-state index contributed by atoms with van der Waals surface area (Å²) < 4.78 is 10.0. The van der Waals surface area contributed by atoms with Crippen molar-refractivity contribution in [2.24, 2.45) is 5.92 Å². The number of pyridine rings is 1. The molecule has 0 aliphatic carbocycles. The molecule has 1 amide bonds. The Balaban J connectivity index is 1.30. The van der Waals surface area contributed by atoms with E-state index in [9.17, 15) is 4.79 Å². The van der Waals surface area contributed by atoms with Gasteiger partial charge in [0.2, 0.25) is 10.7 Å².